The quantitative estimate of drug-likeness (QED) is 0.273. The Kier molecular flexibility index (Phi) is 8.19. The van der Waals surface area contributed by atoms with Gasteiger partial charge in [-0.3, -0.25) is 9.78 Å². The highest BCUT2D eigenvalue weighted by Gasteiger charge is 2.29. The Hall–Kier alpha value is -3.60. The van der Waals surface area contributed by atoms with E-state index in [4.69, 9.17) is 4.74 Å². The van der Waals surface area contributed by atoms with Gasteiger partial charge in [0.05, 0.1) is 7.11 Å². The van der Waals surface area contributed by atoms with Gasteiger partial charge >= 0.3 is 0 Å². The summed E-state index contributed by atoms with van der Waals surface area (Å²) in [4.78, 5) is 17.6. The summed E-state index contributed by atoms with van der Waals surface area (Å²) in [6, 6.07) is 22.9. The van der Waals surface area contributed by atoms with Gasteiger partial charge in [0, 0.05) is 54.9 Å². The SMILES string of the molecule is COc1ccc(Cn2cc([C@@H](CC(=O)NCCc3ccccn3)C3CCCCC3)c3ccccc32)cc1. The average molecular weight is 496 g/mol. The van der Waals surface area contributed by atoms with Crippen molar-refractivity contribution in [2.75, 3.05) is 13.7 Å². The van der Waals surface area contributed by atoms with Gasteiger partial charge in [-0.1, -0.05) is 55.7 Å². The lowest BCUT2D eigenvalue weighted by atomic mass is 9.75. The van der Waals surface area contributed by atoms with Crippen LogP contribution in [0, 0.1) is 5.92 Å². The number of para-hydroxylation sites is 1. The molecular weight excluding hydrogens is 458 g/mol. The maximum Gasteiger partial charge on any atom is 0.220 e. The first-order valence-corrected chi connectivity index (χ1v) is 13.6. The Labute approximate surface area is 219 Å². The number of fused-ring (bicyclic) bond motifs is 1. The van der Waals surface area contributed by atoms with Gasteiger partial charge in [0.25, 0.3) is 0 Å². The van der Waals surface area contributed by atoms with Crippen molar-refractivity contribution in [1.82, 2.24) is 14.9 Å². The number of nitrogens with zero attached hydrogens (tertiary/aromatic N) is 2. The van der Waals surface area contributed by atoms with Gasteiger partial charge < -0.3 is 14.6 Å². The maximum atomic E-state index is 13.2. The number of methoxy groups -OCH3 is 1. The van der Waals surface area contributed by atoms with Crippen LogP contribution in [-0.2, 0) is 17.8 Å². The molecule has 5 nitrogen and oxygen atoms in total. The number of rotatable bonds is 10. The number of carbonyl (C=O) groups is 1. The fraction of sp³-hybridized carbons (Fsp3) is 0.375. The van der Waals surface area contributed by atoms with Crippen LogP contribution in [-0.4, -0.2) is 29.1 Å². The van der Waals surface area contributed by atoms with Crippen molar-refractivity contribution < 1.29 is 9.53 Å². The summed E-state index contributed by atoms with van der Waals surface area (Å²) in [6.45, 7) is 1.41. The van der Waals surface area contributed by atoms with Crippen molar-refractivity contribution in [1.29, 1.82) is 0 Å². The largest absolute Gasteiger partial charge is 0.497 e. The zero-order valence-electron chi connectivity index (χ0n) is 21.7. The first kappa shape index (κ1) is 25.1. The first-order valence-electron chi connectivity index (χ1n) is 13.6. The average Bonchev–Trinajstić information content (AvgIpc) is 3.31. The fourth-order valence-electron chi connectivity index (χ4n) is 5.84. The lowest BCUT2D eigenvalue weighted by molar-refractivity contribution is -0.121. The van der Waals surface area contributed by atoms with Gasteiger partial charge in [0.1, 0.15) is 5.75 Å². The predicted molar refractivity (Wildman–Crippen MR) is 149 cm³/mol. The smallest absolute Gasteiger partial charge is 0.220 e. The van der Waals surface area contributed by atoms with Crippen LogP contribution < -0.4 is 10.1 Å². The molecule has 192 valence electrons. The molecule has 2 aromatic carbocycles. The van der Waals surface area contributed by atoms with Crippen molar-refractivity contribution in [3.05, 3.63) is 95.9 Å². The Bertz CT molecular complexity index is 1290. The zero-order valence-corrected chi connectivity index (χ0v) is 21.7. The van der Waals surface area contributed by atoms with Gasteiger partial charge in [0.15, 0.2) is 0 Å². The van der Waals surface area contributed by atoms with Crippen molar-refractivity contribution in [3.8, 4) is 5.75 Å². The Morgan fingerprint density at radius 3 is 2.57 bits per heavy atom. The molecule has 0 aliphatic heterocycles. The summed E-state index contributed by atoms with van der Waals surface area (Å²) in [5.74, 6) is 1.76. The third-order valence-electron chi connectivity index (χ3n) is 7.78. The number of carbonyl (C=O) groups excluding carboxylic acids is 1. The van der Waals surface area contributed by atoms with Crippen LogP contribution in [0.15, 0.2) is 79.1 Å². The molecule has 1 fully saturated rings. The summed E-state index contributed by atoms with van der Waals surface area (Å²) < 4.78 is 7.68. The molecule has 0 unspecified atom stereocenters. The van der Waals surface area contributed by atoms with E-state index in [1.54, 1.807) is 13.3 Å². The van der Waals surface area contributed by atoms with Gasteiger partial charge in [-0.2, -0.15) is 0 Å². The number of hydrogen-bond donors (Lipinski definition) is 1. The fourth-order valence-corrected chi connectivity index (χ4v) is 5.84. The van der Waals surface area contributed by atoms with Gasteiger partial charge in [-0.05, 0) is 66.1 Å². The third kappa shape index (κ3) is 6.22. The molecule has 1 saturated carbocycles. The van der Waals surface area contributed by atoms with Crippen LogP contribution in [0.4, 0.5) is 0 Å². The van der Waals surface area contributed by atoms with E-state index in [2.05, 4.69) is 57.5 Å². The molecule has 0 saturated heterocycles. The Morgan fingerprint density at radius 2 is 1.81 bits per heavy atom. The van der Waals surface area contributed by atoms with Crippen LogP contribution in [0.3, 0.4) is 0 Å². The molecule has 37 heavy (non-hydrogen) atoms. The summed E-state index contributed by atoms with van der Waals surface area (Å²) in [5, 5.41) is 4.45. The molecule has 0 radical (unpaired) electrons. The van der Waals surface area contributed by atoms with E-state index in [1.807, 2.05) is 30.3 Å². The Balaban J connectivity index is 1.38. The van der Waals surface area contributed by atoms with Gasteiger partial charge in [-0.15, -0.1) is 0 Å². The van der Waals surface area contributed by atoms with Gasteiger partial charge in [0.2, 0.25) is 5.91 Å². The molecule has 5 rings (SSSR count). The second-order valence-corrected chi connectivity index (χ2v) is 10.2. The molecule has 1 atom stereocenters. The third-order valence-corrected chi connectivity index (χ3v) is 7.78. The van der Waals surface area contributed by atoms with Crippen molar-refractivity contribution in [3.63, 3.8) is 0 Å². The maximum absolute atomic E-state index is 13.2. The van der Waals surface area contributed by atoms with Crippen molar-refractivity contribution >= 4 is 16.8 Å². The number of nitrogens with one attached hydrogen (secondary N) is 1. The number of benzene rings is 2. The summed E-state index contributed by atoms with van der Waals surface area (Å²) in [7, 11) is 1.70. The zero-order chi connectivity index (χ0) is 25.5. The van der Waals surface area contributed by atoms with Crippen LogP contribution >= 0.6 is 0 Å². The lowest BCUT2D eigenvalue weighted by Crippen LogP contribution is -2.29. The van der Waals surface area contributed by atoms with E-state index in [-0.39, 0.29) is 11.8 Å². The molecule has 2 heterocycles. The Morgan fingerprint density at radius 1 is 1.03 bits per heavy atom. The van der Waals surface area contributed by atoms with Gasteiger partial charge in [-0.25, -0.2) is 0 Å². The van der Waals surface area contributed by atoms with Crippen molar-refractivity contribution in [2.45, 2.75) is 57.4 Å². The number of hydrogen-bond acceptors (Lipinski definition) is 3. The molecule has 0 bridgehead atoms. The number of pyridine rings is 1. The van der Waals surface area contributed by atoms with E-state index in [9.17, 15) is 4.79 Å². The van der Waals surface area contributed by atoms with E-state index in [0.717, 1.165) is 24.4 Å². The minimum atomic E-state index is 0.137. The first-order chi connectivity index (χ1) is 18.2. The van der Waals surface area contributed by atoms with E-state index in [1.165, 1.54) is 54.1 Å². The highest BCUT2D eigenvalue weighted by molar-refractivity contribution is 5.86. The highest BCUT2D eigenvalue weighted by Crippen LogP contribution is 2.41. The van der Waals surface area contributed by atoms with Crippen LogP contribution in [0.5, 0.6) is 5.75 Å². The molecular formula is C32H37N3O2. The normalized spacial score (nSPS) is 14.9. The highest BCUT2D eigenvalue weighted by atomic mass is 16.5. The van der Waals surface area contributed by atoms with E-state index < -0.39 is 0 Å². The summed E-state index contributed by atoms with van der Waals surface area (Å²) in [5.41, 5.74) is 4.78. The summed E-state index contributed by atoms with van der Waals surface area (Å²) >= 11 is 0. The van der Waals surface area contributed by atoms with E-state index >= 15 is 0 Å². The minimum absolute atomic E-state index is 0.137. The second kappa shape index (κ2) is 12.1. The lowest BCUT2D eigenvalue weighted by Gasteiger charge is -2.30. The molecule has 2 aromatic heterocycles. The topological polar surface area (TPSA) is 56.1 Å². The van der Waals surface area contributed by atoms with Crippen molar-refractivity contribution in [2.24, 2.45) is 5.92 Å². The minimum Gasteiger partial charge on any atom is -0.497 e. The van der Waals surface area contributed by atoms with Crippen LogP contribution in [0.25, 0.3) is 10.9 Å². The molecule has 4 aromatic rings. The second-order valence-electron chi connectivity index (χ2n) is 10.2. The molecule has 5 heteroatoms. The standard InChI is InChI=1S/C32H37N3O2/c1-37-27-16-14-24(15-17-27)22-35-23-30(28-12-5-6-13-31(28)35)29(25-9-3-2-4-10-25)21-32(36)34-20-18-26-11-7-8-19-33-26/h5-8,11-17,19,23,25,29H,2-4,9-10,18,20-22H2,1H3,(H,34,36)/t29-/m0/s1. The van der Waals surface area contributed by atoms with E-state index in [0.29, 0.717) is 18.9 Å². The molecule has 1 aliphatic rings. The molecule has 1 N–H and O–H groups in total. The monoisotopic (exact) mass is 495 g/mol. The summed E-state index contributed by atoms with van der Waals surface area (Å²) in [6.07, 6.45) is 11.6. The molecule has 1 aliphatic carbocycles. The predicted octanol–water partition coefficient (Wildman–Crippen LogP) is 6.51. The number of aromatic nitrogens is 2. The molecule has 1 amide bonds. The van der Waals surface area contributed by atoms with Crippen LogP contribution in [0.1, 0.15) is 61.3 Å². The number of ether oxygens (including phenoxy) is 1. The number of amides is 1. The molecule has 0 spiro atoms. The van der Waals surface area contributed by atoms with Crippen LogP contribution in [0.2, 0.25) is 0 Å².